The van der Waals surface area contributed by atoms with E-state index in [4.69, 9.17) is 10.5 Å². The predicted octanol–water partition coefficient (Wildman–Crippen LogP) is 3.44. The second kappa shape index (κ2) is 7.08. The molecule has 0 saturated heterocycles. The Morgan fingerprint density at radius 3 is 2.30 bits per heavy atom. The van der Waals surface area contributed by atoms with Crippen LogP contribution >= 0.6 is 0 Å². The molecule has 1 aromatic rings. The molecule has 3 heteroatoms. The van der Waals surface area contributed by atoms with Gasteiger partial charge in [0.25, 0.3) is 0 Å². The van der Waals surface area contributed by atoms with E-state index in [0.717, 1.165) is 0 Å². The predicted molar refractivity (Wildman–Crippen MR) is 89.0 cm³/mol. The summed E-state index contributed by atoms with van der Waals surface area (Å²) in [7, 11) is -1.40. The molecule has 0 radical (unpaired) electrons. The fourth-order valence-electron chi connectivity index (χ4n) is 1.61. The van der Waals surface area contributed by atoms with Crippen molar-refractivity contribution in [2.24, 2.45) is 11.1 Å². The summed E-state index contributed by atoms with van der Waals surface area (Å²) in [6, 6.07) is 10.2. The third kappa shape index (κ3) is 5.92. The average Bonchev–Trinajstić information content (AvgIpc) is 2.38. The monoisotopic (exact) mass is 289 g/mol. The van der Waals surface area contributed by atoms with Gasteiger partial charge in [-0.25, -0.2) is 0 Å². The lowest BCUT2D eigenvalue weighted by atomic mass is 9.87. The lowest BCUT2D eigenvalue weighted by Gasteiger charge is -2.29. The molecule has 0 amide bonds. The summed E-state index contributed by atoms with van der Waals surface area (Å²) in [6.45, 7) is 12.1. The minimum atomic E-state index is -1.40. The van der Waals surface area contributed by atoms with Crippen LogP contribution in [0.2, 0.25) is 19.6 Å². The largest absolute Gasteiger partial charge is 0.360 e. The molecule has 1 unspecified atom stereocenters. The lowest BCUT2D eigenvalue weighted by molar-refractivity contribution is 0.00637. The Bertz CT molecular complexity index is 465. The van der Waals surface area contributed by atoms with Crippen molar-refractivity contribution in [3.05, 3.63) is 35.9 Å². The first-order valence-corrected chi connectivity index (χ1v) is 10.6. The number of hydrogen-bond acceptors (Lipinski definition) is 2. The van der Waals surface area contributed by atoms with Crippen molar-refractivity contribution < 1.29 is 4.74 Å². The maximum absolute atomic E-state index is 6.05. The molecule has 2 N–H and O–H groups in total. The normalized spacial score (nSPS) is 13.5. The van der Waals surface area contributed by atoms with Crippen molar-refractivity contribution in [2.75, 3.05) is 6.54 Å². The van der Waals surface area contributed by atoms with E-state index >= 15 is 0 Å². The minimum Gasteiger partial charge on any atom is -0.360 e. The smallest absolute Gasteiger partial charge is 0.129 e. The van der Waals surface area contributed by atoms with Crippen LogP contribution < -0.4 is 5.73 Å². The topological polar surface area (TPSA) is 35.2 Å². The van der Waals surface area contributed by atoms with E-state index in [-0.39, 0.29) is 11.5 Å². The molecule has 0 heterocycles. The Labute approximate surface area is 124 Å². The fraction of sp³-hybridized carbons (Fsp3) is 0.529. The quantitative estimate of drug-likeness (QED) is 0.666. The molecule has 1 rings (SSSR count). The molecule has 0 saturated carbocycles. The first-order chi connectivity index (χ1) is 9.24. The van der Waals surface area contributed by atoms with Gasteiger partial charge < -0.3 is 10.5 Å². The Hall–Kier alpha value is -1.08. The first kappa shape index (κ1) is 17.0. The maximum atomic E-state index is 6.05. The van der Waals surface area contributed by atoms with Crippen molar-refractivity contribution in [3.8, 4) is 11.5 Å². The van der Waals surface area contributed by atoms with Gasteiger partial charge in [-0.15, -0.1) is 5.54 Å². The summed E-state index contributed by atoms with van der Waals surface area (Å²) in [5.41, 5.74) is 10.3. The minimum absolute atomic E-state index is 0.126. The van der Waals surface area contributed by atoms with Crippen LogP contribution in [0.5, 0.6) is 0 Å². The summed E-state index contributed by atoms with van der Waals surface area (Å²) in [6.07, 6.45) is -0.126. The van der Waals surface area contributed by atoms with Gasteiger partial charge in [-0.1, -0.05) is 69.7 Å². The van der Waals surface area contributed by atoms with E-state index in [0.29, 0.717) is 13.2 Å². The van der Waals surface area contributed by atoms with Gasteiger partial charge in [0.2, 0.25) is 0 Å². The van der Waals surface area contributed by atoms with Gasteiger partial charge in [0, 0.05) is 12.0 Å². The summed E-state index contributed by atoms with van der Waals surface area (Å²) < 4.78 is 6.05. The Balaban J connectivity index is 2.80. The summed E-state index contributed by atoms with van der Waals surface area (Å²) in [5, 5.41) is 0. The van der Waals surface area contributed by atoms with Crippen LogP contribution in [0.3, 0.4) is 0 Å². The molecular weight excluding hydrogens is 262 g/mol. The van der Waals surface area contributed by atoms with Gasteiger partial charge in [-0.2, -0.15) is 0 Å². The van der Waals surface area contributed by atoms with Crippen LogP contribution in [0, 0.1) is 16.9 Å². The molecule has 2 nitrogen and oxygen atoms in total. The van der Waals surface area contributed by atoms with Gasteiger partial charge >= 0.3 is 0 Å². The number of benzene rings is 1. The van der Waals surface area contributed by atoms with Gasteiger partial charge in [-0.3, -0.25) is 0 Å². The van der Waals surface area contributed by atoms with Gasteiger partial charge in [0.1, 0.15) is 14.2 Å². The molecule has 0 aliphatic rings. The van der Waals surface area contributed by atoms with E-state index in [1.165, 1.54) is 5.56 Å². The number of rotatable bonds is 5. The molecule has 0 bridgehead atoms. The van der Waals surface area contributed by atoms with E-state index < -0.39 is 8.07 Å². The Kier molecular flexibility index (Phi) is 6.00. The number of hydrogen-bond donors (Lipinski definition) is 1. The van der Waals surface area contributed by atoms with Crippen LogP contribution in [0.15, 0.2) is 30.3 Å². The average molecular weight is 289 g/mol. The van der Waals surface area contributed by atoms with E-state index in [9.17, 15) is 0 Å². The molecule has 0 aliphatic heterocycles. The molecule has 110 valence electrons. The van der Waals surface area contributed by atoms with E-state index in [1.54, 1.807) is 0 Å². The Morgan fingerprint density at radius 1 is 1.20 bits per heavy atom. The van der Waals surface area contributed by atoms with Crippen molar-refractivity contribution in [1.29, 1.82) is 0 Å². The third-order valence-electron chi connectivity index (χ3n) is 3.07. The summed E-state index contributed by atoms with van der Waals surface area (Å²) in [5.74, 6) is 3.33. The maximum Gasteiger partial charge on any atom is 0.129 e. The molecular formula is C17H27NOSi. The number of nitrogens with two attached hydrogens (primary N) is 1. The summed E-state index contributed by atoms with van der Waals surface area (Å²) >= 11 is 0. The molecule has 20 heavy (non-hydrogen) atoms. The fourth-order valence-corrected chi connectivity index (χ4v) is 2.17. The van der Waals surface area contributed by atoms with E-state index in [1.807, 2.05) is 18.2 Å². The van der Waals surface area contributed by atoms with Crippen molar-refractivity contribution in [2.45, 2.75) is 46.2 Å². The second-order valence-corrected chi connectivity index (χ2v) is 11.6. The van der Waals surface area contributed by atoms with E-state index in [2.05, 4.69) is 57.1 Å². The zero-order valence-electron chi connectivity index (χ0n) is 13.4. The van der Waals surface area contributed by atoms with Crippen molar-refractivity contribution in [1.82, 2.24) is 0 Å². The van der Waals surface area contributed by atoms with Gasteiger partial charge in [0.05, 0.1) is 6.61 Å². The summed E-state index contributed by atoms with van der Waals surface area (Å²) in [4.78, 5) is 0. The van der Waals surface area contributed by atoms with Gasteiger partial charge in [0.15, 0.2) is 0 Å². The van der Waals surface area contributed by atoms with Crippen LogP contribution in [0.1, 0.15) is 19.4 Å². The first-order valence-electron chi connectivity index (χ1n) is 7.13. The highest BCUT2D eigenvalue weighted by molar-refractivity contribution is 6.83. The molecule has 1 aromatic carbocycles. The standard InChI is InChI=1S/C17H27NOSi/c1-17(2,14-18)16(11-12-20(3,4)5)19-13-15-9-7-6-8-10-15/h6-10,16H,13-14,18H2,1-5H3. The highest BCUT2D eigenvalue weighted by Gasteiger charge is 2.28. The zero-order valence-corrected chi connectivity index (χ0v) is 14.4. The Morgan fingerprint density at radius 2 is 1.80 bits per heavy atom. The molecule has 0 aromatic heterocycles. The molecule has 0 aliphatic carbocycles. The van der Waals surface area contributed by atoms with Crippen LogP contribution in [-0.4, -0.2) is 20.7 Å². The number of ether oxygens (including phenoxy) is 1. The van der Waals surface area contributed by atoms with Crippen molar-refractivity contribution in [3.63, 3.8) is 0 Å². The van der Waals surface area contributed by atoms with Crippen LogP contribution in [-0.2, 0) is 11.3 Å². The van der Waals surface area contributed by atoms with Crippen LogP contribution in [0.25, 0.3) is 0 Å². The SMILES string of the molecule is CC(C)(CN)C(C#C[Si](C)(C)C)OCc1ccccc1. The van der Waals surface area contributed by atoms with Crippen LogP contribution in [0.4, 0.5) is 0 Å². The third-order valence-corrected chi connectivity index (χ3v) is 3.97. The zero-order chi connectivity index (χ0) is 15.2. The molecule has 0 fully saturated rings. The van der Waals surface area contributed by atoms with Gasteiger partial charge in [-0.05, 0) is 5.56 Å². The lowest BCUT2D eigenvalue weighted by Crippen LogP contribution is -2.38. The van der Waals surface area contributed by atoms with Crippen molar-refractivity contribution >= 4 is 8.07 Å². The second-order valence-electron chi connectivity index (χ2n) is 6.89. The highest BCUT2D eigenvalue weighted by atomic mass is 28.3. The molecule has 1 atom stereocenters. The highest BCUT2D eigenvalue weighted by Crippen LogP contribution is 2.22. The molecule has 0 spiro atoms.